The fourth-order valence-corrected chi connectivity index (χ4v) is 2.20. The number of hydrogen-bond acceptors (Lipinski definition) is 2. The average Bonchev–Trinajstić information content (AvgIpc) is 2.41. The zero-order valence-corrected chi connectivity index (χ0v) is 12.6. The molecule has 3 nitrogen and oxygen atoms in total. The van der Waals surface area contributed by atoms with Crippen LogP contribution in [0.4, 0.5) is 10.1 Å². The molecule has 0 amide bonds. The van der Waals surface area contributed by atoms with E-state index < -0.39 is 0 Å². The lowest BCUT2D eigenvalue weighted by molar-refractivity contribution is 0.622. The van der Waals surface area contributed by atoms with Gasteiger partial charge in [0.05, 0.1) is 5.69 Å². The Kier molecular flexibility index (Phi) is 4.39. The van der Waals surface area contributed by atoms with Crippen molar-refractivity contribution in [2.75, 3.05) is 11.9 Å². The highest BCUT2D eigenvalue weighted by Gasteiger charge is 2.10. The van der Waals surface area contributed by atoms with Gasteiger partial charge in [0.15, 0.2) is 0 Å². The number of amidine groups is 1. The molecule has 0 saturated heterocycles. The number of halogens is 2. The molecule has 0 spiro atoms. The number of nitrogen functional groups attached to an aromatic ring is 1. The Labute approximate surface area is 125 Å². The predicted molar refractivity (Wildman–Crippen MR) is 83.7 cm³/mol. The Hall–Kier alpha value is -1.88. The van der Waals surface area contributed by atoms with Crippen molar-refractivity contribution in [1.82, 2.24) is 0 Å². The van der Waals surface area contributed by atoms with Gasteiger partial charge in [0.1, 0.15) is 11.7 Å². The molecule has 2 rings (SSSR count). The van der Waals surface area contributed by atoms with E-state index in [9.17, 15) is 4.39 Å². The van der Waals surface area contributed by atoms with E-state index in [0.29, 0.717) is 17.8 Å². The van der Waals surface area contributed by atoms with Crippen LogP contribution in [0.5, 0.6) is 0 Å². The molecule has 0 aliphatic rings. The quantitative estimate of drug-likeness (QED) is 0.663. The third-order valence-electron chi connectivity index (χ3n) is 3.00. The first-order chi connectivity index (χ1) is 9.47. The molecule has 0 heterocycles. The Morgan fingerprint density at radius 1 is 1.25 bits per heavy atom. The van der Waals surface area contributed by atoms with Gasteiger partial charge in [-0.25, -0.2) is 4.39 Å². The zero-order chi connectivity index (χ0) is 14.7. The van der Waals surface area contributed by atoms with Crippen molar-refractivity contribution in [3.8, 4) is 0 Å². The highest BCUT2D eigenvalue weighted by atomic mass is 79.9. The fraction of sp³-hybridized carbons (Fsp3) is 0.133. The lowest BCUT2D eigenvalue weighted by Gasteiger charge is -2.20. The molecule has 0 aliphatic carbocycles. The molecule has 0 fully saturated rings. The molecule has 2 aromatic rings. The summed E-state index contributed by atoms with van der Waals surface area (Å²) in [6.45, 7) is 0.601. The van der Waals surface area contributed by atoms with Crippen LogP contribution < -0.4 is 10.6 Å². The smallest absolute Gasteiger partial charge is 0.147 e. The van der Waals surface area contributed by atoms with E-state index in [0.717, 1.165) is 10.0 Å². The Morgan fingerprint density at radius 3 is 2.45 bits per heavy atom. The minimum Gasteiger partial charge on any atom is -0.384 e. The molecule has 20 heavy (non-hydrogen) atoms. The van der Waals surface area contributed by atoms with Crippen molar-refractivity contribution in [2.45, 2.75) is 6.54 Å². The summed E-state index contributed by atoms with van der Waals surface area (Å²) in [5.41, 5.74) is 7.31. The summed E-state index contributed by atoms with van der Waals surface area (Å²) in [4.78, 5) is 1.82. The Balaban J connectivity index is 2.18. The summed E-state index contributed by atoms with van der Waals surface area (Å²) >= 11 is 3.38. The molecular weight excluding hydrogens is 321 g/mol. The van der Waals surface area contributed by atoms with Crippen molar-refractivity contribution >= 4 is 27.5 Å². The predicted octanol–water partition coefficient (Wildman–Crippen LogP) is 3.51. The van der Waals surface area contributed by atoms with E-state index in [1.165, 1.54) is 6.07 Å². The maximum Gasteiger partial charge on any atom is 0.147 e. The Morgan fingerprint density at radius 2 is 1.90 bits per heavy atom. The first-order valence-electron chi connectivity index (χ1n) is 6.07. The number of hydrogen-bond donors (Lipinski definition) is 2. The van der Waals surface area contributed by atoms with Gasteiger partial charge in [0.25, 0.3) is 0 Å². The molecule has 0 saturated carbocycles. The lowest BCUT2D eigenvalue weighted by atomic mass is 10.1. The van der Waals surface area contributed by atoms with Crippen LogP contribution in [0.2, 0.25) is 0 Å². The van der Waals surface area contributed by atoms with E-state index in [-0.39, 0.29) is 11.7 Å². The van der Waals surface area contributed by atoms with E-state index >= 15 is 0 Å². The lowest BCUT2D eigenvalue weighted by Crippen LogP contribution is -2.18. The highest BCUT2D eigenvalue weighted by Crippen LogP contribution is 2.21. The van der Waals surface area contributed by atoms with Crippen LogP contribution in [0.15, 0.2) is 46.9 Å². The molecule has 5 heteroatoms. The number of rotatable bonds is 4. The molecule has 0 aliphatic heterocycles. The summed E-state index contributed by atoms with van der Waals surface area (Å²) in [5, 5.41) is 7.30. The topological polar surface area (TPSA) is 53.1 Å². The van der Waals surface area contributed by atoms with Crippen LogP contribution >= 0.6 is 15.9 Å². The Bertz CT molecular complexity index is 626. The van der Waals surface area contributed by atoms with Crippen molar-refractivity contribution in [3.05, 3.63) is 63.9 Å². The van der Waals surface area contributed by atoms with Crippen molar-refractivity contribution in [3.63, 3.8) is 0 Å². The second kappa shape index (κ2) is 6.05. The van der Waals surface area contributed by atoms with Crippen LogP contribution in [0.3, 0.4) is 0 Å². The van der Waals surface area contributed by atoms with Gasteiger partial charge in [-0.2, -0.15) is 0 Å². The first-order valence-corrected chi connectivity index (χ1v) is 6.86. The van der Waals surface area contributed by atoms with E-state index in [4.69, 9.17) is 11.1 Å². The van der Waals surface area contributed by atoms with Crippen LogP contribution in [0, 0.1) is 11.2 Å². The summed E-state index contributed by atoms with van der Waals surface area (Å²) in [7, 11) is 1.83. The van der Waals surface area contributed by atoms with Gasteiger partial charge in [-0.15, -0.1) is 0 Å². The number of nitrogens with two attached hydrogens (primary N) is 1. The minimum atomic E-state index is -0.377. The van der Waals surface area contributed by atoms with Crippen LogP contribution in [0.1, 0.15) is 11.1 Å². The number of anilines is 1. The third-order valence-corrected chi connectivity index (χ3v) is 3.53. The standard InChI is InChI=1S/C15H15BrFN3/c1-20(9-10-2-5-12(16)6-3-10)14-7-4-11(15(18)19)8-13(14)17/h2-8H,9H2,1H3,(H3,18,19). The second-order valence-corrected chi connectivity index (χ2v) is 5.48. The van der Waals surface area contributed by atoms with Gasteiger partial charge in [-0.05, 0) is 35.9 Å². The molecule has 0 radical (unpaired) electrons. The molecule has 104 valence electrons. The summed E-state index contributed by atoms with van der Waals surface area (Å²) in [6, 6.07) is 12.5. The highest BCUT2D eigenvalue weighted by molar-refractivity contribution is 9.10. The van der Waals surface area contributed by atoms with Gasteiger partial charge in [-0.1, -0.05) is 28.1 Å². The van der Waals surface area contributed by atoms with E-state index in [2.05, 4.69) is 15.9 Å². The molecule has 2 aromatic carbocycles. The maximum absolute atomic E-state index is 14.0. The van der Waals surface area contributed by atoms with Crippen LogP contribution in [-0.4, -0.2) is 12.9 Å². The maximum atomic E-state index is 14.0. The second-order valence-electron chi connectivity index (χ2n) is 4.56. The molecule has 0 unspecified atom stereocenters. The third kappa shape index (κ3) is 3.36. The molecule has 0 bridgehead atoms. The van der Waals surface area contributed by atoms with Gasteiger partial charge in [-0.3, -0.25) is 5.41 Å². The van der Waals surface area contributed by atoms with Gasteiger partial charge >= 0.3 is 0 Å². The van der Waals surface area contributed by atoms with E-state index in [1.54, 1.807) is 12.1 Å². The largest absolute Gasteiger partial charge is 0.384 e. The van der Waals surface area contributed by atoms with Gasteiger partial charge in [0.2, 0.25) is 0 Å². The average molecular weight is 336 g/mol. The summed E-state index contributed by atoms with van der Waals surface area (Å²) in [5.74, 6) is -0.511. The fourth-order valence-electron chi connectivity index (χ4n) is 1.93. The number of benzene rings is 2. The molecule has 3 N–H and O–H groups in total. The van der Waals surface area contributed by atoms with Gasteiger partial charge in [0, 0.05) is 23.6 Å². The van der Waals surface area contributed by atoms with Crippen LogP contribution in [-0.2, 0) is 6.54 Å². The van der Waals surface area contributed by atoms with Gasteiger partial charge < -0.3 is 10.6 Å². The van der Waals surface area contributed by atoms with Crippen molar-refractivity contribution in [2.24, 2.45) is 5.73 Å². The van der Waals surface area contributed by atoms with Crippen LogP contribution in [0.25, 0.3) is 0 Å². The molecule has 0 atom stereocenters. The normalized spacial score (nSPS) is 10.3. The summed E-state index contributed by atoms with van der Waals surface area (Å²) in [6.07, 6.45) is 0. The van der Waals surface area contributed by atoms with E-state index in [1.807, 2.05) is 36.2 Å². The van der Waals surface area contributed by atoms with Crippen molar-refractivity contribution < 1.29 is 4.39 Å². The first kappa shape index (κ1) is 14.5. The monoisotopic (exact) mass is 335 g/mol. The minimum absolute atomic E-state index is 0.133. The zero-order valence-electron chi connectivity index (χ0n) is 11.0. The molecule has 0 aromatic heterocycles. The summed E-state index contributed by atoms with van der Waals surface area (Å²) < 4.78 is 15.0. The molecular formula is C15H15BrFN3. The van der Waals surface area contributed by atoms with Crippen molar-refractivity contribution in [1.29, 1.82) is 5.41 Å². The SMILES string of the molecule is CN(Cc1ccc(Br)cc1)c1ccc(C(=N)N)cc1F. The number of nitrogens with one attached hydrogen (secondary N) is 1. The number of nitrogens with zero attached hydrogens (tertiary/aromatic N) is 1.